The Hall–Kier alpha value is -1.55. The second-order valence-corrected chi connectivity index (χ2v) is 4.81. The van der Waals surface area contributed by atoms with Crippen molar-refractivity contribution in [2.45, 2.75) is 47.2 Å². The molecular formula is C15H23N3O. The quantitative estimate of drug-likeness (QED) is 0.869. The Labute approximate surface area is 114 Å². The van der Waals surface area contributed by atoms with Crippen molar-refractivity contribution in [3.05, 3.63) is 40.6 Å². The lowest BCUT2D eigenvalue weighted by atomic mass is 10.1. The first kappa shape index (κ1) is 13.9. The highest BCUT2D eigenvalue weighted by molar-refractivity contribution is 5.24. The van der Waals surface area contributed by atoms with Crippen LogP contribution in [0.15, 0.2) is 16.5 Å². The number of hydrogen-bond donors (Lipinski definition) is 1. The van der Waals surface area contributed by atoms with Crippen LogP contribution in [0.1, 0.15) is 42.3 Å². The lowest BCUT2D eigenvalue weighted by Crippen LogP contribution is -2.10. The second-order valence-electron chi connectivity index (χ2n) is 4.81. The Balaban J connectivity index is 2.10. The van der Waals surface area contributed by atoms with E-state index in [1.54, 1.807) is 0 Å². The van der Waals surface area contributed by atoms with Crippen molar-refractivity contribution in [3.8, 4) is 0 Å². The maximum absolute atomic E-state index is 5.80. The van der Waals surface area contributed by atoms with Gasteiger partial charge in [-0.15, -0.1) is 0 Å². The predicted octanol–water partition coefficient (Wildman–Crippen LogP) is 2.81. The van der Waals surface area contributed by atoms with Crippen molar-refractivity contribution < 1.29 is 4.42 Å². The van der Waals surface area contributed by atoms with Gasteiger partial charge in [-0.2, -0.15) is 5.10 Å². The Morgan fingerprint density at radius 3 is 2.58 bits per heavy atom. The molecule has 1 N–H and O–H groups in total. The minimum Gasteiger partial charge on any atom is -0.463 e. The van der Waals surface area contributed by atoms with Gasteiger partial charge in [0.1, 0.15) is 11.5 Å². The van der Waals surface area contributed by atoms with Crippen molar-refractivity contribution in [1.29, 1.82) is 0 Å². The van der Waals surface area contributed by atoms with Crippen LogP contribution in [-0.4, -0.2) is 16.3 Å². The number of furan rings is 1. The molecule has 0 saturated carbocycles. The minimum atomic E-state index is 0.707. The highest BCUT2D eigenvalue weighted by Gasteiger charge is 2.11. The fourth-order valence-electron chi connectivity index (χ4n) is 2.40. The minimum absolute atomic E-state index is 0.707. The van der Waals surface area contributed by atoms with Crippen LogP contribution in [0.5, 0.6) is 0 Å². The number of nitrogens with one attached hydrogen (secondary N) is 1. The van der Waals surface area contributed by atoms with Crippen LogP contribution in [0.3, 0.4) is 0 Å². The lowest BCUT2D eigenvalue weighted by molar-refractivity contribution is 0.430. The molecule has 2 aromatic heterocycles. The van der Waals surface area contributed by atoms with E-state index >= 15 is 0 Å². The van der Waals surface area contributed by atoms with E-state index in [1.165, 1.54) is 11.3 Å². The summed E-state index contributed by atoms with van der Waals surface area (Å²) in [4.78, 5) is 0. The van der Waals surface area contributed by atoms with Crippen molar-refractivity contribution in [3.63, 3.8) is 0 Å². The summed E-state index contributed by atoms with van der Waals surface area (Å²) in [5.74, 6) is 1.94. The van der Waals surface area contributed by atoms with Crippen LogP contribution in [0.4, 0.5) is 0 Å². The molecule has 0 saturated heterocycles. The summed E-state index contributed by atoms with van der Waals surface area (Å²) in [5, 5.41) is 7.85. The molecule has 2 heterocycles. The smallest absolute Gasteiger partial charge is 0.125 e. The van der Waals surface area contributed by atoms with E-state index < -0.39 is 0 Å². The highest BCUT2D eigenvalue weighted by Crippen LogP contribution is 2.16. The van der Waals surface area contributed by atoms with Crippen LogP contribution in [-0.2, 0) is 19.5 Å². The summed E-state index contributed by atoms with van der Waals surface area (Å²) in [6.07, 6.45) is 1.03. The molecule has 0 amide bonds. The third-order valence-corrected chi connectivity index (χ3v) is 3.46. The van der Waals surface area contributed by atoms with E-state index in [1.807, 2.05) is 16.8 Å². The largest absolute Gasteiger partial charge is 0.463 e. The summed E-state index contributed by atoms with van der Waals surface area (Å²) in [7, 11) is 0. The average molecular weight is 261 g/mol. The summed E-state index contributed by atoms with van der Waals surface area (Å²) in [6.45, 7) is 10.9. The third-order valence-electron chi connectivity index (χ3n) is 3.46. The Bertz CT molecular complexity index is 540. The number of rotatable bonds is 6. The topological polar surface area (TPSA) is 43.0 Å². The van der Waals surface area contributed by atoms with Crippen LogP contribution in [0.25, 0.3) is 0 Å². The SMILES string of the molecule is CCNCc1ccc(Cn2nc(C)c(CC)c2C)o1. The van der Waals surface area contributed by atoms with Gasteiger partial charge in [0, 0.05) is 5.69 Å². The van der Waals surface area contributed by atoms with Gasteiger partial charge >= 0.3 is 0 Å². The fraction of sp³-hybridized carbons (Fsp3) is 0.533. The van der Waals surface area contributed by atoms with Gasteiger partial charge in [0.2, 0.25) is 0 Å². The summed E-state index contributed by atoms with van der Waals surface area (Å²) < 4.78 is 7.84. The molecule has 0 aliphatic carbocycles. The first-order valence-electron chi connectivity index (χ1n) is 6.96. The second kappa shape index (κ2) is 6.06. The van der Waals surface area contributed by atoms with Gasteiger partial charge in [-0.25, -0.2) is 0 Å². The van der Waals surface area contributed by atoms with Gasteiger partial charge in [0.25, 0.3) is 0 Å². The predicted molar refractivity (Wildman–Crippen MR) is 76.3 cm³/mol. The molecule has 2 rings (SSSR count). The van der Waals surface area contributed by atoms with E-state index in [4.69, 9.17) is 4.42 Å². The van der Waals surface area contributed by atoms with E-state index in [0.717, 1.165) is 36.7 Å². The number of hydrogen-bond acceptors (Lipinski definition) is 3. The Morgan fingerprint density at radius 1 is 1.21 bits per heavy atom. The molecule has 19 heavy (non-hydrogen) atoms. The van der Waals surface area contributed by atoms with E-state index in [2.05, 4.69) is 38.1 Å². The average Bonchev–Trinajstić information content (AvgIpc) is 2.93. The first-order valence-corrected chi connectivity index (χ1v) is 6.96. The third kappa shape index (κ3) is 3.07. The first-order chi connectivity index (χ1) is 9.15. The number of aryl methyl sites for hydroxylation is 1. The van der Waals surface area contributed by atoms with E-state index in [-0.39, 0.29) is 0 Å². The molecule has 0 bridgehead atoms. The monoisotopic (exact) mass is 261 g/mol. The molecule has 4 heteroatoms. The van der Waals surface area contributed by atoms with Crippen molar-refractivity contribution in [2.75, 3.05) is 6.54 Å². The molecular weight excluding hydrogens is 238 g/mol. The zero-order chi connectivity index (χ0) is 13.8. The lowest BCUT2D eigenvalue weighted by Gasteiger charge is -2.03. The molecule has 0 aromatic carbocycles. The molecule has 0 unspecified atom stereocenters. The van der Waals surface area contributed by atoms with Crippen LogP contribution in [0, 0.1) is 13.8 Å². The molecule has 104 valence electrons. The maximum Gasteiger partial charge on any atom is 0.125 e. The van der Waals surface area contributed by atoms with Crippen LogP contribution < -0.4 is 5.32 Å². The zero-order valence-corrected chi connectivity index (χ0v) is 12.3. The summed E-state index contributed by atoms with van der Waals surface area (Å²) in [6, 6.07) is 4.07. The summed E-state index contributed by atoms with van der Waals surface area (Å²) >= 11 is 0. The highest BCUT2D eigenvalue weighted by atomic mass is 16.3. The number of nitrogens with zero attached hydrogens (tertiary/aromatic N) is 2. The van der Waals surface area contributed by atoms with Gasteiger partial charge < -0.3 is 9.73 Å². The molecule has 4 nitrogen and oxygen atoms in total. The van der Waals surface area contributed by atoms with Crippen molar-refractivity contribution in [1.82, 2.24) is 15.1 Å². The van der Waals surface area contributed by atoms with Gasteiger partial charge in [-0.3, -0.25) is 4.68 Å². The van der Waals surface area contributed by atoms with Crippen molar-refractivity contribution in [2.24, 2.45) is 0 Å². The van der Waals surface area contributed by atoms with Gasteiger partial charge in [-0.1, -0.05) is 13.8 Å². The van der Waals surface area contributed by atoms with E-state index in [0.29, 0.717) is 6.54 Å². The Morgan fingerprint density at radius 2 is 1.95 bits per heavy atom. The molecule has 0 atom stereocenters. The summed E-state index contributed by atoms with van der Waals surface area (Å²) in [5.41, 5.74) is 3.71. The fourth-order valence-corrected chi connectivity index (χ4v) is 2.40. The standard InChI is InChI=1S/C15H23N3O/c1-5-15-11(3)17-18(12(15)4)10-14-8-7-13(19-14)9-16-6-2/h7-8,16H,5-6,9-10H2,1-4H3. The molecule has 0 radical (unpaired) electrons. The molecule has 2 aromatic rings. The molecule has 0 aliphatic rings. The van der Waals surface area contributed by atoms with Crippen molar-refractivity contribution >= 4 is 0 Å². The van der Waals surface area contributed by atoms with Gasteiger partial charge in [0.15, 0.2) is 0 Å². The molecule has 0 fully saturated rings. The van der Waals surface area contributed by atoms with E-state index in [9.17, 15) is 0 Å². The Kier molecular flexibility index (Phi) is 4.43. The maximum atomic E-state index is 5.80. The molecule has 0 spiro atoms. The molecule has 0 aliphatic heterocycles. The normalized spacial score (nSPS) is 11.2. The van der Waals surface area contributed by atoms with Gasteiger partial charge in [-0.05, 0) is 44.5 Å². The zero-order valence-electron chi connectivity index (χ0n) is 12.3. The van der Waals surface area contributed by atoms with Crippen LogP contribution in [0.2, 0.25) is 0 Å². The van der Waals surface area contributed by atoms with Crippen LogP contribution >= 0.6 is 0 Å². The van der Waals surface area contributed by atoms with Gasteiger partial charge in [0.05, 0.1) is 18.8 Å². The number of aromatic nitrogens is 2.